The Balaban J connectivity index is 1.16. The summed E-state index contributed by atoms with van der Waals surface area (Å²) in [6.45, 7) is 0. The molecule has 0 aliphatic carbocycles. The average molecular weight is 616 g/mol. The fourth-order valence-electron chi connectivity index (χ4n) is 6.83. The smallest absolute Gasteiger partial charge is 0.167 e. The molecule has 0 radical (unpaired) electrons. The largest absolute Gasteiger partial charge is 0.456 e. The SMILES string of the molecule is c1ccc(-c2nc(-c3ccc4ccc(-c5cccc6oc7ccccc7c56)cc4c3)nc(-c3cccc4c3oc3ccccc34)n2)cc1. The van der Waals surface area contributed by atoms with Gasteiger partial charge < -0.3 is 8.83 Å². The van der Waals surface area contributed by atoms with Crippen LogP contribution in [0.15, 0.2) is 160 Å². The maximum atomic E-state index is 6.39. The van der Waals surface area contributed by atoms with Crippen molar-refractivity contribution in [1.29, 1.82) is 0 Å². The number of rotatable bonds is 4. The van der Waals surface area contributed by atoms with Crippen LogP contribution in [0.3, 0.4) is 0 Å². The highest BCUT2D eigenvalue weighted by Gasteiger charge is 2.18. The lowest BCUT2D eigenvalue weighted by Gasteiger charge is -2.10. The Bertz CT molecular complexity index is 2850. The van der Waals surface area contributed by atoms with E-state index in [4.69, 9.17) is 23.8 Å². The zero-order valence-electron chi connectivity index (χ0n) is 25.6. The van der Waals surface area contributed by atoms with Gasteiger partial charge in [0.25, 0.3) is 0 Å². The summed E-state index contributed by atoms with van der Waals surface area (Å²) in [6, 6.07) is 51.7. The van der Waals surface area contributed by atoms with Crippen LogP contribution in [0, 0.1) is 0 Å². The summed E-state index contributed by atoms with van der Waals surface area (Å²) in [7, 11) is 0. The molecule has 0 spiro atoms. The fourth-order valence-corrected chi connectivity index (χ4v) is 6.83. The van der Waals surface area contributed by atoms with Crippen molar-refractivity contribution in [3.05, 3.63) is 152 Å². The van der Waals surface area contributed by atoms with Gasteiger partial charge in [-0.2, -0.15) is 0 Å². The molecule has 5 heteroatoms. The number of nitrogens with zero attached hydrogens (tertiary/aromatic N) is 3. The highest BCUT2D eigenvalue weighted by atomic mass is 16.3. The van der Waals surface area contributed by atoms with E-state index >= 15 is 0 Å². The molecule has 224 valence electrons. The molecule has 5 nitrogen and oxygen atoms in total. The predicted molar refractivity (Wildman–Crippen MR) is 194 cm³/mol. The van der Waals surface area contributed by atoms with Gasteiger partial charge in [-0.1, -0.05) is 115 Å². The summed E-state index contributed by atoms with van der Waals surface area (Å²) in [5.41, 5.74) is 8.28. The second-order valence-corrected chi connectivity index (χ2v) is 12.0. The van der Waals surface area contributed by atoms with E-state index < -0.39 is 0 Å². The summed E-state index contributed by atoms with van der Waals surface area (Å²) in [6.07, 6.45) is 0. The molecule has 0 fully saturated rings. The molecule has 10 aromatic rings. The summed E-state index contributed by atoms with van der Waals surface area (Å²) in [5, 5.41) is 6.57. The monoisotopic (exact) mass is 615 g/mol. The van der Waals surface area contributed by atoms with Crippen molar-refractivity contribution in [2.75, 3.05) is 0 Å². The molecular formula is C43H25N3O2. The fraction of sp³-hybridized carbons (Fsp3) is 0. The van der Waals surface area contributed by atoms with E-state index in [2.05, 4.69) is 72.8 Å². The van der Waals surface area contributed by atoms with Crippen molar-refractivity contribution in [1.82, 2.24) is 15.0 Å². The van der Waals surface area contributed by atoms with Crippen molar-refractivity contribution in [2.24, 2.45) is 0 Å². The molecule has 3 aromatic heterocycles. The number of fused-ring (bicyclic) bond motifs is 7. The first kappa shape index (κ1) is 26.6. The Morgan fingerprint density at radius 1 is 0.354 bits per heavy atom. The summed E-state index contributed by atoms with van der Waals surface area (Å²) in [5.74, 6) is 1.77. The first-order valence-corrected chi connectivity index (χ1v) is 15.9. The molecule has 48 heavy (non-hydrogen) atoms. The quantitative estimate of drug-likeness (QED) is 0.197. The molecule has 0 unspecified atom stereocenters. The third-order valence-corrected chi connectivity index (χ3v) is 9.12. The molecule has 10 rings (SSSR count). The number of benzene rings is 7. The Hall–Kier alpha value is -6.59. The molecule has 0 bridgehead atoms. The molecule has 3 heterocycles. The van der Waals surface area contributed by atoms with Gasteiger partial charge in [-0.3, -0.25) is 0 Å². The topological polar surface area (TPSA) is 65.0 Å². The van der Waals surface area contributed by atoms with Crippen LogP contribution in [0.1, 0.15) is 0 Å². The van der Waals surface area contributed by atoms with Crippen LogP contribution in [0.4, 0.5) is 0 Å². The van der Waals surface area contributed by atoms with E-state index in [1.54, 1.807) is 0 Å². The lowest BCUT2D eigenvalue weighted by Crippen LogP contribution is -2.00. The Labute approximate surface area is 274 Å². The highest BCUT2D eigenvalue weighted by Crippen LogP contribution is 2.39. The van der Waals surface area contributed by atoms with Gasteiger partial charge in [0.15, 0.2) is 17.5 Å². The van der Waals surface area contributed by atoms with E-state index in [0.29, 0.717) is 17.5 Å². The third kappa shape index (κ3) is 4.22. The summed E-state index contributed by atoms with van der Waals surface area (Å²) in [4.78, 5) is 15.1. The molecule has 0 saturated heterocycles. The average Bonchev–Trinajstić information content (AvgIpc) is 3.73. The second kappa shape index (κ2) is 10.5. The standard InChI is InChI=1S/C43H25N3O2/c1-2-10-27(11-3-1)41-44-42(46-43(45-41)35-16-8-15-33-32-12-4-6-17-36(32)48-40(33)35)29-23-21-26-20-22-28(24-30(26)25-29)31-14-9-19-38-39(31)34-13-5-7-18-37(34)47-38/h1-25H. The minimum absolute atomic E-state index is 0.566. The number of aromatic nitrogens is 3. The van der Waals surface area contributed by atoms with Gasteiger partial charge in [0, 0.05) is 32.7 Å². The van der Waals surface area contributed by atoms with Crippen molar-refractivity contribution >= 4 is 54.6 Å². The number of para-hydroxylation sites is 3. The van der Waals surface area contributed by atoms with Crippen LogP contribution in [0.2, 0.25) is 0 Å². The molecule has 0 N–H and O–H groups in total. The Kier molecular flexibility index (Phi) is 5.81. The van der Waals surface area contributed by atoms with Crippen LogP contribution < -0.4 is 0 Å². The molecular weight excluding hydrogens is 590 g/mol. The van der Waals surface area contributed by atoms with Crippen molar-refractivity contribution in [3.63, 3.8) is 0 Å². The molecule has 0 aliphatic rings. The van der Waals surface area contributed by atoms with Crippen LogP contribution >= 0.6 is 0 Å². The Morgan fingerprint density at radius 3 is 1.81 bits per heavy atom. The van der Waals surface area contributed by atoms with E-state index in [-0.39, 0.29) is 0 Å². The van der Waals surface area contributed by atoms with Gasteiger partial charge in [0.2, 0.25) is 0 Å². The predicted octanol–water partition coefficient (Wildman–Crippen LogP) is 11.5. The van der Waals surface area contributed by atoms with Crippen molar-refractivity contribution < 1.29 is 8.83 Å². The van der Waals surface area contributed by atoms with Gasteiger partial charge in [-0.15, -0.1) is 0 Å². The molecule has 0 saturated carbocycles. The van der Waals surface area contributed by atoms with E-state index in [9.17, 15) is 0 Å². The molecule has 7 aromatic carbocycles. The lowest BCUT2D eigenvalue weighted by atomic mass is 9.96. The molecule has 0 atom stereocenters. The van der Waals surface area contributed by atoms with E-state index in [0.717, 1.165) is 82.5 Å². The highest BCUT2D eigenvalue weighted by molar-refractivity contribution is 6.13. The lowest BCUT2D eigenvalue weighted by molar-refractivity contribution is 0.669. The van der Waals surface area contributed by atoms with Crippen LogP contribution in [0.25, 0.3) is 99.9 Å². The third-order valence-electron chi connectivity index (χ3n) is 9.12. The second-order valence-electron chi connectivity index (χ2n) is 12.0. The summed E-state index contributed by atoms with van der Waals surface area (Å²) < 4.78 is 12.6. The minimum Gasteiger partial charge on any atom is -0.456 e. The van der Waals surface area contributed by atoms with Gasteiger partial charge in [0.05, 0.1) is 5.56 Å². The van der Waals surface area contributed by atoms with E-state index in [1.165, 1.54) is 0 Å². The number of furan rings is 2. The molecule has 0 aliphatic heterocycles. The van der Waals surface area contributed by atoms with Crippen LogP contribution in [0.5, 0.6) is 0 Å². The van der Waals surface area contributed by atoms with Crippen molar-refractivity contribution in [3.8, 4) is 45.3 Å². The van der Waals surface area contributed by atoms with Gasteiger partial charge in [-0.05, 0) is 58.3 Å². The molecule has 0 amide bonds. The van der Waals surface area contributed by atoms with Crippen LogP contribution in [-0.4, -0.2) is 15.0 Å². The van der Waals surface area contributed by atoms with Crippen molar-refractivity contribution in [2.45, 2.75) is 0 Å². The summed E-state index contributed by atoms with van der Waals surface area (Å²) >= 11 is 0. The zero-order valence-corrected chi connectivity index (χ0v) is 25.6. The minimum atomic E-state index is 0.566. The number of hydrogen-bond donors (Lipinski definition) is 0. The normalized spacial score (nSPS) is 11.8. The Morgan fingerprint density at radius 2 is 0.958 bits per heavy atom. The van der Waals surface area contributed by atoms with Gasteiger partial charge in [-0.25, -0.2) is 15.0 Å². The maximum Gasteiger partial charge on any atom is 0.167 e. The first-order valence-electron chi connectivity index (χ1n) is 15.9. The zero-order chi connectivity index (χ0) is 31.6. The van der Waals surface area contributed by atoms with E-state index in [1.807, 2.05) is 78.9 Å². The van der Waals surface area contributed by atoms with Gasteiger partial charge in [0.1, 0.15) is 22.3 Å². The first-order chi connectivity index (χ1) is 23.8. The van der Waals surface area contributed by atoms with Gasteiger partial charge >= 0.3 is 0 Å². The maximum absolute atomic E-state index is 6.39. The number of hydrogen-bond acceptors (Lipinski definition) is 5. The van der Waals surface area contributed by atoms with Crippen LogP contribution in [-0.2, 0) is 0 Å².